The van der Waals surface area contributed by atoms with Gasteiger partial charge in [-0.05, 0) is 60.2 Å². The lowest BCUT2D eigenvalue weighted by molar-refractivity contribution is -0.140. The van der Waals surface area contributed by atoms with Crippen molar-refractivity contribution in [2.45, 2.75) is 30.2 Å². The van der Waals surface area contributed by atoms with E-state index in [1.807, 2.05) is 18.2 Å². The van der Waals surface area contributed by atoms with Crippen LogP contribution in [0.5, 0.6) is 0 Å². The number of esters is 1. The molecule has 9 heteroatoms. The number of hydrogen-bond acceptors (Lipinski definition) is 6. The van der Waals surface area contributed by atoms with E-state index in [4.69, 9.17) is 4.74 Å². The zero-order valence-corrected chi connectivity index (χ0v) is 19.0. The number of thiophene rings is 1. The van der Waals surface area contributed by atoms with Gasteiger partial charge in [0.05, 0.1) is 5.56 Å². The third-order valence-electron chi connectivity index (χ3n) is 5.21. The molecule has 1 atom stereocenters. The molecule has 0 aliphatic carbocycles. The maximum Gasteiger partial charge on any atom is 0.338 e. The van der Waals surface area contributed by atoms with Crippen molar-refractivity contribution in [1.29, 1.82) is 0 Å². The Balaban J connectivity index is 1.36. The highest BCUT2D eigenvalue weighted by Gasteiger charge is 2.27. The SMILES string of the molecule is CC(OC(=O)c1ccc(NS(=O)(=O)c2cccs2)cc1)C(=O)N1CCc2ccccc2C1. The minimum absolute atomic E-state index is 0.202. The van der Waals surface area contributed by atoms with Crippen LogP contribution < -0.4 is 4.72 Å². The van der Waals surface area contributed by atoms with Gasteiger partial charge in [0.2, 0.25) is 0 Å². The van der Waals surface area contributed by atoms with Crippen LogP contribution in [-0.4, -0.2) is 37.8 Å². The molecule has 1 N–H and O–H groups in total. The number of anilines is 1. The molecule has 2 aromatic carbocycles. The predicted octanol–water partition coefficient (Wildman–Crippen LogP) is 3.68. The summed E-state index contributed by atoms with van der Waals surface area (Å²) in [6.45, 7) is 2.64. The van der Waals surface area contributed by atoms with Gasteiger partial charge in [0, 0.05) is 18.8 Å². The molecule has 0 saturated heterocycles. The summed E-state index contributed by atoms with van der Waals surface area (Å²) in [7, 11) is -3.66. The van der Waals surface area contributed by atoms with Gasteiger partial charge in [-0.1, -0.05) is 30.3 Å². The summed E-state index contributed by atoms with van der Waals surface area (Å²) < 4.78 is 32.6. The van der Waals surface area contributed by atoms with Crippen LogP contribution in [0.15, 0.2) is 70.3 Å². The van der Waals surface area contributed by atoms with Crippen molar-refractivity contribution in [2.24, 2.45) is 0 Å². The molecule has 1 amide bonds. The molecule has 3 aromatic rings. The Morgan fingerprint density at radius 2 is 1.75 bits per heavy atom. The van der Waals surface area contributed by atoms with Crippen LogP contribution in [0.1, 0.15) is 28.4 Å². The second kappa shape index (κ2) is 9.13. The second-order valence-electron chi connectivity index (χ2n) is 7.44. The maximum absolute atomic E-state index is 12.8. The van der Waals surface area contributed by atoms with Crippen LogP contribution in [-0.2, 0) is 32.5 Å². The molecule has 1 aromatic heterocycles. The number of ether oxygens (including phenoxy) is 1. The number of benzene rings is 2. The smallest absolute Gasteiger partial charge is 0.338 e. The first kappa shape index (κ1) is 22.0. The average molecular weight is 471 g/mol. The van der Waals surface area contributed by atoms with E-state index in [9.17, 15) is 18.0 Å². The second-order valence-corrected chi connectivity index (χ2v) is 10.3. The molecular weight excluding hydrogens is 448 g/mol. The Bertz CT molecular complexity index is 1220. The highest BCUT2D eigenvalue weighted by molar-refractivity contribution is 7.94. The number of carbonyl (C=O) groups excluding carboxylic acids is 2. The first-order valence-electron chi connectivity index (χ1n) is 10.1. The molecule has 0 radical (unpaired) electrons. The van der Waals surface area contributed by atoms with Gasteiger partial charge in [0.25, 0.3) is 15.9 Å². The highest BCUT2D eigenvalue weighted by Crippen LogP contribution is 2.22. The van der Waals surface area contributed by atoms with Crippen molar-refractivity contribution in [3.8, 4) is 0 Å². The van der Waals surface area contributed by atoms with Gasteiger partial charge >= 0.3 is 5.97 Å². The van der Waals surface area contributed by atoms with E-state index in [-0.39, 0.29) is 15.7 Å². The van der Waals surface area contributed by atoms with Gasteiger partial charge in [-0.3, -0.25) is 9.52 Å². The number of nitrogens with zero attached hydrogens (tertiary/aromatic N) is 1. The molecule has 7 nitrogen and oxygen atoms in total. The Morgan fingerprint density at radius 3 is 2.44 bits per heavy atom. The fourth-order valence-corrected chi connectivity index (χ4v) is 5.57. The summed E-state index contributed by atoms with van der Waals surface area (Å²) in [6, 6.07) is 17.0. The lowest BCUT2D eigenvalue weighted by atomic mass is 9.99. The zero-order chi connectivity index (χ0) is 22.7. The largest absolute Gasteiger partial charge is 0.449 e. The standard InChI is InChI=1S/C23H22N2O5S2/c1-16(22(26)25-13-12-17-5-2-3-6-19(17)15-25)30-23(27)18-8-10-20(11-9-18)24-32(28,29)21-7-4-14-31-21/h2-11,14,16,24H,12-13,15H2,1H3. The summed E-state index contributed by atoms with van der Waals surface area (Å²) in [6.07, 6.45) is -0.157. The molecule has 0 bridgehead atoms. The topological polar surface area (TPSA) is 92.8 Å². The van der Waals surface area contributed by atoms with Gasteiger partial charge in [0.1, 0.15) is 4.21 Å². The van der Waals surface area contributed by atoms with Gasteiger partial charge in [0.15, 0.2) is 6.10 Å². The number of carbonyl (C=O) groups is 2. The summed E-state index contributed by atoms with van der Waals surface area (Å²) in [5.41, 5.74) is 2.89. The Hall–Kier alpha value is -3.17. The number of sulfonamides is 1. The van der Waals surface area contributed by atoms with Crippen LogP contribution in [0.4, 0.5) is 5.69 Å². The normalized spacial score (nSPS) is 14.3. The third-order valence-corrected chi connectivity index (χ3v) is 7.99. The molecule has 2 heterocycles. The van der Waals surface area contributed by atoms with E-state index in [0.29, 0.717) is 18.8 Å². The van der Waals surface area contributed by atoms with E-state index < -0.39 is 22.1 Å². The van der Waals surface area contributed by atoms with E-state index in [0.717, 1.165) is 23.3 Å². The van der Waals surface area contributed by atoms with Crippen molar-refractivity contribution >= 4 is 38.9 Å². The minimum Gasteiger partial charge on any atom is -0.449 e. The van der Waals surface area contributed by atoms with Crippen molar-refractivity contribution in [2.75, 3.05) is 11.3 Å². The molecule has 0 fully saturated rings. The molecule has 1 unspecified atom stereocenters. The molecule has 4 rings (SSSR count). The molecular formula is C23H22N2O5S2. The molecule has 32 heavy (non-hydrogen) atoms. The summed E-state index contributed by atoms with van der Waals surface area (Å²) in [5.74, 6) is -0.885. The lowest BCUT2D eigenvalue weighted by Gasteiger charge is -2.30. The lowest BCUT2D eigenvalue weighted by Crippen LogP contribution is -2.42. The van der Waals surface area contributed by atoms with E-state index in [1.54, 1.807) is 23.3 Å². The Kier molecular flexibility index (Phi) is 6.29. The quantitative estimate of drug-likeness (QED) is 0.555. The first-order valence-corrected chi connectivity index (χ1v) is 12.4. The number of amides is 1. The summed E-state index contributed by atoms with van der Waals surface area (Å²) in [4.78, 5) is 27.0. The first-order chi connectivity index (χ1) is 15.3. The molecule has 166 valence electrons. The minimum atomic E-state index is -3.66. The fraction of sp³-hybridized carbons (Fsp3) is 0.217. The predicted molar refractivity (Wildman–Crippen MR) is 122 cm³/mol. The van der Waals surface area contributed by atoms with Crippen molar-refractivity contribution in [1.82, 2.24) is 4.90 Å². The molecule has 1 aliphatic heterocycles. The van der Waals surface area contributed by atoms with E-state index in [1.165, 1.54) is 35.9 Å². The van der Waals surface area contributed by atoms with E-state index in [2.05, 4.69) is 10.8 Å². The van der Waals surface area contributed by atoms with Gasteiger partial charge in [-0.25, -0.2) is 13.2 Å². The molecule has 0 spiro atoms. The molecule has 1 aliphatic rings. The van der Waals surface area contributed by atoms with Crippen molar-refractivity contribution in [3.63, 3.8) is 0 Å². The number of fused-ring (bicyclic) bond motifs is 1. The monoisotopic (exact) mass is 470 g/mol. The number of nitrogens with one attached hydrogen (secondary N) is 1. The highest BCUT2D eigenvalue weighted by atomic mass is 32.2. The van der Waals surface area contributed by atoms with Gasteiger partial charge in [-0.15, -0.1) is 11.3 Å². The van der Waals surface area contributed by atoms with Crippen LogP contribution in [0.2, 0.25) is 0 Å². The van der Waals surface area contributed by atoms with Crippen LogP contribution >= 0.6 is 11.3 Å². The summed E-state index contributed by atoms with van der Waals surface area (Å²) in [5, 5.41) is 1.68. The third kappa shape index (κ3) is 4.84. The Labute approximate surface area is 190 Å². The van der Waals surface area contributed by atoms with Crippen LogP contribution in [0, 0.1) is 0 Å². The van der Waals surface area contributed by atoms with E-state index >= 15 is 0 Å². The van der Waals surface area contributed by atoms with Gasteiger partial charge in [-0.2, -0.15) is 0 Å². The van der Waals surface area contributed by atoms with Crippen molar-refractivity contribution < 1.29 is 22.7 Å². The van der Waals surface area contributed by atoms with Crippen molar-refractivity contribution in [3.05, 3.63) is 82.7 Å². The Morgan fingerprint density at radius 1 is 1.03 bits per heavy atom. The van der Waals surface area contributed by atoms with Crippen LogP contribution in [0.3, 0.4) is 0 Å². The fourth-order valence-electron chi connectivity index (χ4n) is 3.52. The van der Waals surface area contributed by atoms with Gasteiger partial charge < -0.3 is 9.64 Å². The summed E-state index contributed by atoms with van der Waals surface area (Å²) >= 11 is 1.11. The number of rotatable bonds is 6. The maximum atomic E-state index is 12.8. The molecule has 0 saturated carbocycles. The zero-order valence-electron chi connectivity index (χ0n) is 17.4. The average Bonchev–Trinajstić information content (AvgIpc) is 3.34. The van der Waals surface area contributed by atoms with Crippen LogP contribution in [0.25, 0.3) is 0 Å². The number of hydrogen-bond donors (Lipinski definition) is 1.